The molecule has 0 spiro atoms. The fourth-order valence-electron chi connectivity index (χ4n) is 15.3. The van der Waals surface area contributed by atoms with Crippen molar-refractivity contribution in [1.82, 2.24) is 0 Å². The molecule has 3 aliphatic heterocycles. The van der Waals surface area contributed by atoms with Gasteiger partial charge in [-0.05, 0) is 183 Å². The molecule has 0 saturated heterocycles. The van der Waals surface area contributed by atoms with Crippen LogP contribution in [0.1, 0.15) is 130 Å². The van der Waals surface area contributed by atoms with Gasteiger partial charge in [-0.15, -0.1) is 0 Å². The summed E-state index contributed by atoms with van der Waals surface area (Å²) >= 11 is 0. The molecule has 0 aliphatic carbocycles. The first-order chi connectivity index (χ1) is 45.4. The van der Waals surface area contributed by atoms with Crippen LogP contribution in [0.25, 0.3) is 88.7 Å². The second-order valence-corrected chi connectivity index (χ2v) is 31.8. The van der Waals surface area contributed by atoms with E-state index in [-0.39, 0.29) is 33.8 Å². The van der Waals surface area contributed by atoms with E-state index in [0.717, 1.165) is 44.4 Å². The molecule has 466 valence electrons. The minimum absolute atomic E-state index is 0.109. The van der Waals surface area contributed by atoms with Gasteiger partial charge in [0.1, 0.15) is 11.2 Å². The van der Waals surface area contributed by atoms with Gasteiger partial charge >= 0.3 is 0 Å². The maximum atomic E-state index is 6.50. The Morgan fingerprint density at radius 1 is 0.295 bits per heavy atom. The molecule has 13 aromatic rings. The Kier molecular flexibility index (Phi) is 13.6. The summed E-state index contributed by atoms with van der Waals surface area (Å²) in [6.07, 6.45) is 0. The topological polar surface area (TPSA) is 19.6 Å². The van der Waals surface area contributed by atoms with Crippen molar-refractivity contribution in [3.63, 3.8) is 0 Å². The van der Waals surface area contributed by atoms with Crippen molar-refractivity contribution in [2.75, 3.05) is 9.80 Å². The molecule has 4 heterocycles. The van der Waals surface area contributed by atoms with Gasteiger partial charge in [0.15, 0.2) is 0 Å². The number of anilines is 6. The van der Waals surface area contributed by atoms with Crippen LogP contribution in [0.4, 0.5) is 34.1 Å². The number of hydrogen-bond donors (Lipinski definition) is 0. The van der Waals surface area contributed by atoms with E-state index in [9.17, 15) is 0 Å². The summed E-state index contributed by atoms with van der Waals surface area (Å²) in [6.45, 7) is 33.1. The quantitative estimate of drug-likeness (QED) is 0.160. The zero-order valence-corrected chi connectivity index (χ0v) is 57.6. The molecule has 12 aromatic carbocycles. The van der Waals surface area contributed by atoms with E-state index in [4.69, 9.17) is 4.42 Å². The van der Waals surface area contributed by atoms with Crippen LogP contribution in [0, 0.1) is 0 Å². The van der Waals surface area contributed by atoms with Crippen molar-refractivity contribution in [2.45, 2.75) is 124 Å². The number of hydrogen-bond acceptors (Lipinski definition) is 3. The number of nitrogens with zero attached hydrogens (tertiary/aromatic N) is 2. The Labute approximate surface area is 562 Å². The van der Waals surface area contributed by atoms with E-state index in [1.807, 2.05) is 0 Å². The zero-order chi connectivity index (χ0) is 65.8. The molecule has 4 heteroatoms. The van der Waals surface area contributed by atoms with Crippen molar-refractivity contribution in [3.05, 3.63) is 282 Å². The van der Waals surface area contributed by atoms with E-state index < -0.39 is 0 Å². The maximum absolute atomic E-state index is 6.50. The highest BCUT2D eigenvalue weighted by Crippen LogP contribution is 2.56. The lowest BCUT2D eigenvalue weighted by molar-refractivity contribution is 0.582. The molecule has 3 nitrogen and oxygen atoms in total. The van der Waals surface area contributed by atoms with Crippen LogP contribution >= 0.6 is 0 Å². The summed E-state index contributed by atoms with van der Waals surface area (Å²) in [5, 5.41) is 2.23. The second-order valence-electron chi connectivity index (χ2n) is 31.8. The SMILES string of the molecule is CC(C)(C)c1cc2cc(c1)C(C)(C)c1cccc(c1)-c1cc(C(C)(C)C)cc(-c3ccccc3)c1N1c3cc-2ccc3B2c3ccc(-c4ccc5oc6ccccc6c5c4)cc3N(c3c(-c4ccccc4)cc(C(C)(C)C)cc3-c3ccccc3)c3cc(C(C)(C)C)cc1c32. The first kappa shape index (κ1) is 60.1. The molecule has 0 radical (unpaired) electrons. The number of fused-ring (bicyclic) bond motifs is 16. The Balaban J connectivity index is 1.10. The van der Waals surface area contributed by atoms with Crippen LogP contribution < -0.4 is 26.2 Å². The van der Waals surface area contributed by atoms with Crippen LogP contribution in [0.2, 0.25) is 0 Å². The van der Waals surface area contributed by atoms with Crippen molar-refractivity contribution in [3.8, 4) is 66.8 Å². The van der Waals surface area contributed by atoms with E-state index in [1.54, 1.807) is 0 Å². The van der Waals surface area contributed by atoms with Crippen LogP contribution in [0.15, 0.2) is 253 Å². The van der Waals surface area contributed by atoms with Crippen LogP contribution in [0.5, 0.6) is 0 Å². The van der Waals surface area contributed by atoms with Gasteiger partial charge in [-0.2, -0.15) is 0 Å². The van der Waals surface area contributed by atoms with Gasteiger partial charge in [-0.3, -0.25) is 0 Å². The lowest BCUT2D eigenvalue weighted by Crippen LogP contribution is -2.61. The number of benzene rings is 12. The Bertz CT molecular complexity index is 5190. The van der Waals surface area contributed by atoms with E-state index in [0.29, 0.717) is 0 Å². The molecular formula is C91H83BN2O. The van der Waals surface area contributed by atoms with E-state index in [1.165, 1.54) is 128 Å². The summed E-state index contributed by atoms with van der Waals surface area (Å²) in [5.41, 5.74) is 33.4. The summed E-state index contributed by atoms with van der Waals surface area (Å²) in [4.78, 5) is 5.47. The third-order valence-electron chi connectivity index (χ3n) is 21.1. The van der Waals surface area contributed by atoms with Crippen LogP contribution in [-0.2, 0) is 27.1 Å². The average molecular weight is 1230 g/mol. The summed E-state index contributed by atoms with van der Waals surface area (Å²) in [5.74, 6) is 0. The Hall–Kier alpha value is -9.90. The number of rotatable bonds is 5. The number of para-hydroxylation sites is 1. The number of furan rings is 1. The van der Waals surface area contributed by atoms with E-state index >= 15 is 0 Å². The monoisotopic (exact) mass is 1230 g/mol. The summed E-state index contributed by atoms with van der Waals surface area (Å²) in [7, 11) is 0. The molecule has 3 aliphatic rings. The van der Waals surface area contributed by atoms with Crippen molar-refractivity contribution in [1.29, 1.82) is 0 Å². The van der Waals surface area contributed by atoms with Crippen molar-refractivity contribution in [2.24, 2.45) is 0 Å². The molecular weight excluding hydrogens is 1150 g/mol. The average Bonchev–Trinajstić information content (AvgIpc) is 0.801. The minimum atomic E-state index is -0.347. The fraction of sp³-hybridized carbons (Fsp3) is 0.209. The lowest BCUT2D eigenvalue weighted by Gasteiger charge is -2.47. The molecule has 0 amide bonds. The molecule has 0 N–H and O–H groups in total. The second kappa shape index (κ2) is 21.6. The minimum Gasteiger partial charge on any atom is -0.456 e. The first-order valence-corrected chi connectivity index (χ1v) is 34.2. The third kappa shape index (κ3) is 10.0. The predicted molar refractivity (Wildman–Crippen MR) is 407 cm³/mol. The van der Waals surface area contributed by atoms with Gasteiger partial charge in [0.25, 0.3) is 6.71 Å². The molecule has 0 atom stereocenters. The van der Waals surface area contributed by atoms with E-state index in [2.05, 4.69) is 355 Å². The molecule has 1 aromatic heterocycles. The highest BCUT2D eigenvalue weighted by molar-refractivity contribution is 7.00. The van der Waals surface area contributed by atoms with Crippen molar-refractivity contribution < 1.29 is 4.42 Å². The summed E-state index contributed by atoms with van der Waals surface area (Å²) in [6, 6.07) is 96.0. The zero-order valence-electron chi connectivity index (χ0n) is 57.6. The highest BCUT2D eigenvalue weighted by atomic mass is 16.3. The molecule has 0 fully saturated rings. The molecule has 0 saturated carbocycles. The first-order valence-electron chi connectivity index (χ1n) is 34.2. The summed E-state index contributed by atoms with van der Waals surface area (Å²) < 4.78 is 6.50. The normalized spacial score (nSPS) is 14.0. The highest BCUT2D eigenvalue weighted by Gasteiger charge is 2.47. The van der Waals surface area contributed by atoms with Crippen LogP contribution in [-0.4, -0.2) is 6.71 Å². The molecule has 6 bridgehead atoms. The van der Waals surface area contributed by atoms with Gasteiger partial charge in [-0.25, -0.2) is 0 Å². The Morgan fingerprint density at radius 3 is 1.20 bits per heavy atom. The smallest absolute Gasteiger partial charge is 0.252 e. The van der Waals surface area contributed by atoms with Gasteiger partial charge in [0.05, 0.1) is 11.4 Å². The largest absolute Gasteiger partial charge is 0.456 e. The van der Waals surface area contributed by atoms with Gasteiger partial charge in [0.2, 0.25) is 0 Å². The van der Waals surface area contributed by atoms with Gasteiger partial charge in [-0.1, -0.05) is 279 Å². The fourth-order valence-corrected chi connectivity index (χ4v) is 15.3. The molecule has 0 unspecified atom stereocenters. The Morgan fingerprint density at radius 2 is 0.695 bits per heavy atom. The van der Waals surface area contributed by atoms with Crippen LogP contribution in [0.3, 0.4) is 0 Å². The molecule has 16 rings (SSSR count). The maximum Gasteiger partial charge on any atom is 0.252 e. The van der Waals surface area contributed by atoms with Gasteiger partial charge in [0, 0.05) is 61.2 Å². The van der Waals surface area contributed by atoms with Gasteiger partial charge < -0.3 is 14.2 Å². The predicted octanol–water partition coefficient (Wildman–Crippen LogP) is 23.5. The third-order valence-corrected chi connectivity index (χ3v) is 21.1. The van der Waals surface area contributed by atoms with Crippen molar-refractivity contribution >= 4 is 79.2 Å². The molecule has 95 heavy (non-hydrogen) atoms. The standard InChI is InChI=1S/C91H83BN2O/c1-87(2,3)65-44-63-45-69(49-65)91(13,14)64-34-26-33-62(43-64)74-53-67(89(7,8)9)52-73(58-31-22-17-23-32-58)86(74)94-79-48-61(63)38-41-77(79)92-76-40-37-60(59-39-42-83-75(46-59)70-35-24-25-36-82(70)95-83)47-78(76)93(80-54-68(90(10,11)12)55-81(94)84(80)92)85-71(56-27-18-15-19-28-56)50-66(88(4,5)6)51-72(85)57-29-20-16-21-30-57/h15-55H,1-14H3. The lowest BCUT2D eigenvalue weighted by atomic mass is 9.33.